The Labute approximate surface area is 219 Å². The molecule has 0 spiro atoms. The van der Waals surface area contributed by atoms with Crippen LogP contribution in [-0.4, -0.2) is 19.1 Å². The van der Waals surface area contributed by atoms with E-state index < -0.39 is 0 Å². The van der Waals surface area contributed by atoms with Crippen molar-refractivity contribution in [1.29, 1.82) is 0 Å². The number of benzene rings is 5. The Hall–Kier alpha value is -5.22. The lowest BCUT2D eigenvalue weighted by Gasteiger charge is -2.13. The van der Waals surface area contributed by atoms with Crippen LogP contribution in [0.5, 0.6) is 0 Å². The molecule has 0 atom stereocenters. The molecule has 5 aromatic carbocycles. The SMILES string of the molecule is c1cnc2c(-n3c(-c4ccc(-n5c6ccccc6c6ccccc65)cc4)nc4ccccc43)cccc2c1. The molecular formula is C34H22N4. The minimum absolute atomic E-state index is 0.901. The molecule has 0 aliphatic carbocycles. The third kappa shape index (κ3) is 3.04. The van der Waals surface area contributed by atoms with Crippen LogP contribution in [0.4, 0.5) is 0 Å². The van der Waals surface area contributed by atoms with Crippen LogP contribution in [0.15, 0.2) is 134 Å². The van der Waals surface area contributed by atoms with E-state index in [1.165, 1.54) is 21.8 Å². The van der Waals surface area contributed by atoms with Gasteiger partial charge in [0.1, 0.15) is 5.82 Å². The number of hydrogen-bond acceptors (Lipinski definition) is 2. The van der Waals surface area contributed by atoms with Crippen LogP contribution in [-0.2, 0) is 0 Å². The first-order chi connectivity index (χ1) is 18.9. The highest BCUT2D eigenvalue weighted by atomic mass is 15.1. The topological polar surface area (TPSA) is 35.6 Å². The molecule has 0 fully saturated rings. The van der Waals surface area contributed by atoms with Crippen LogP contribution < -0.4 is 0 Å². The Morgan fingerprint density at radius 3 is 1.92 bits per heavy atom. The van der Waals surface area contributed by atoms with E-state index in [1.807, 2.05) is 18.3 Å². The van der Waals surface area contributed by atoms with Gasteiger partial charge < -0.3 is 4.57 Å². The van der Waals surface area contributed by atoms with E-state index in [1.54, 1.807) is 0 Å². The van der Waals surface area contributed by atoms with E-state index in [4.69, 9.17) is 9.97 Å². The number of rotatable bonds is 3. The lowest BCUT2D eigenvalue weighted by molar-refractivity contribution is 1.10. The second-order valence-corrected chi connectivity index (χ2v) is 9.53. The fraction of sp³-hybridized carbons (Fsp3) is 0. The average molecular weight is 487 g/mol. The van der Waals surface area contributed by atoms with Gasteiger partial charge in [-0.2, -0.15) is 0 Å². The fourth-order valence-corrected chi connectivity index (χ4v) is 5.69. The van der Waals surface area contributed by atoms with E-state index in [9.17, 15) is 0 Å². The lowest BCUT2D eigenvalue weighted by atomic mass is 10.1. The van der Waals surface area contributed by atoms with Crippen molar-refractivity contribution in [3.63, 3.8) is 0 Å². The summed E-state index contributed by atoms with van der Waals surface area (Å²) in [6, 6.07) is 44.6. The Balaban J connectivity index is 1.34. The third-order valence-electron chi connectivity index (χ3n) is 7.38. The van der Waals surface area contributed by atoms with E-state index in [0.29, 0.717) is 0 Å². The summed E-state index contributed by atoms with van der Waals surface area (Å²) in [5.74, 6) is 0.901. The van der Waals surface area contributed by atoms with Crippen molar-refractivity contribution in [2.24, 2.45) is 0 Å². The highest BCUT2D eigenvalue weighted by Gasteiger charge is 2.17. The number of aromatic nitrogens is 4. The van der Waals surface area contributed by atoms with Crippen LogP contribution in [0.3, 0.4) is 0 Å². The molecular weight excluding hydrogens is 464 g/mol. The van der Waals surface area contributed by atoms with Crippen LogP contribution >= 0.6 is 0 Å². The number of para-hydroxylation sites is 5. The van der Waals surface area contributed by atoms with E-state index >= 15 is 0 Å². The minimum atomic E-state index is 0.901. The third-order valence-corrected chi connectivity index (χ3v) is 7.38. The molecule has 8 aromatic rings. The first-order valence-electron chi connectivity index (χ1n) is 12.8. The van der Waals surface area contributed by atoms with Crippen LogP contribution in [0.1, 0.15) is 0 Å². The molecule has 3 heterocycles. The average Bonchev–Trinajstić information content (AvgIpc) is 3.53. The van der Waals surface area contributed by atoms with Crippen LogP contribution in [0.2, 0.25) is 0 Å². The number of fused-ring (bicyclic) bond motifs is 5. The van der Waals surface area contributed by atoms with Gasteiger partial charge in [-0.15, -0.1) is 0 Å². The van der Waals surface area contributed by atoms with Crippen LogP contribution in [0.25, 0.3) is 66.5 Å². The molecule has 38 heavy (non-hydrogen) atoms. The summed E-state index contributed by atoms with van der Waals surface area (Å²) >= 11 is 0. The maximum atomic E-state index is 5.09. The molecule has 178 valence electrons. The molecule has 0 radical (unpaired) electrons. The van der Waals surface area contributed by atoms with Gasteiger partial charge in [-0.1, -0.05) is 66.7 Å². The molecule has 8 rings (SSSR count). The highest BCUT2D eigenvalue weighted by Crippen LogP contribution is 2.34. The molecule has 0 unspecified atom stereocenters. The summed E-state index contributed by atoms with van der Waals surface area (Å²) in [6.45, 7) is 0. The molecule has 3 aromatic heterocycles. The second-order valence-electron chi connectivity index (χ2n) is 9.53. The lowest BCUT2D eigenvalue weighted by Crippen LogP contribution is -2.00. The van der Waals surface area contributed by atoms with Crippen molar-refractivity contribution in [2.45, 2.75) is 0 Å². The van der Waals surface area contributed by atoms with Crippen molar-refractivity contribution < 1.29 is 0 Å². The first-order valence-corrected chi connectivity index (χ1v) is 12.8. The van der Waals surface area contributed by atoms with Gasteiger partial charge in [-0.3, -0.25) is 9.55 Å². The normalized spacial score (nSPS) is 11.7. The molecule has 0 amide bonds. The summed E-state index contributed by atoms with van der Waals surface area (Å²) < 4.78 is 4.58. The molecule has 0 bridgehead atoms. The van der Waals surface area contributed by atoms with Crippen molar-refractivity contribution in [2.75, 3.05) is 0 Å². The largest absolute Gasteiger partial charge is 0.309 e. The quantitative estimate of drug-likeness (QED) is 0.252. The van der Waals surface area contributed by atoms with Gasteiger partial charge in [0.05, 0.1) is 33.3 Å². The van der Waals surface area contributed by atoms with E-state index in [2.05, 4.69) is 124 Å². The van der Waals surface area contributed by atoms with Gasteiger partial charge >= 0.3 is 0 Å². The summed E-state index contributed by atoms with van der Waals surface area (Å²) in [4.78, 5) is 9.82. The zero-order valence-electron chi connectivity index (χ0n) is 20.5. The number of pyridine rings is 1. The van der Waals surface area contributed by atoms with E-state index in [-0.39, 0.29) is 0 Å². The maximum absolute atomic E-state index is 5.09. The zero-order valence-corrected chi connectivity index (χ0v) is 20.5. The minimum Gasteiger partial charge on any atom is -0.309 e. The highest BCUT2D eigenvalue weighted by molar-refractivity contribution is 6.09. The fourth-order valence-electron chi connectivity index (χ4n) is 5.69. The molecule has 0 aliphatic heterocycles. The molecule has 0 aliphatic rings. The maximum Gasteiger partial charge on any atom is 0.145 e. The Morgan fingerprint density at radius 1 is 0.500 bits per heavy atom. The first kappa shape index (κ1) is 20.9. The van der Waals surface area contributed by atoms with Crippen molar-refractivity contribution in [1.82, 2.24) is 19.1 Å². The zero-order chi connectivity index (χ0) is 25.1. The molecule has 0 saturated heterocycles. The predicted molar refractivity (Wildman–Crippen MR) is 156 cm³/mol. The van der Waals surface area contributed by atoms with E-state index in [0.717, 1.165) is 44.7 Å². The van der Waals surface area contributed by atoms with Crippen LogP contribution in [0, 0.1) is 0 Å². The van der Waals surface area contributed by atoms with Gasteiger partial charge in [-0.05, 0) is 60.7 Å². The molecule has 4 heteroatoms. The number of imidazole rings is 1. The second kappa shape index (κ2) is 8.15. The van der Waals surface area contributed by atoms with Crippen molar-refractivity contribution in [3.05, 3.63) is 134 Å². The van der Waals surface area contributed by atoms with Gasteiger partial charge in [0, 0.05) is 33.6 Å². The summed E-state index contributed by atoms with van der Waals surface area (Å²) in [5, 5.41) is 3.63. The molecule has 0 saturated carbocycles. The van der Waals surface area contributed by atoms with Gasteiger partial charge in [0.15, 0.2) is 0 Å². The predicted octanol–water partition coefficient (Wildman–Crippen LogP) is 8.34. The van der Waals surface area contributed by atoms with Gasteiger partial charge in [-0.25, -0.2) is 4.98 Å². The summed E-state index contributed by atoms with van der Waals surface area (Å²) in [6.07, 6.45) is 1.85. The number of hydrogen-bond donors (Lipinski definition) is 0. The summed E-state index contributed by atoms with van der Waals surface area (Å²) in [7, 11) is 0. The smallest absolute Gasteiger partial charge is 0.145 e. The van der Waals surface area contributed by atoms with Crippen molar-refractivity contribution >= 4 is 43.7 Å². The standard InChI is InChI=1S/C34H22N4/c1-4-14-29-26(11-1)27-12-2-5-15-30(27)37(29)25-20-18-24(19-21-25)34-36-28-13-3-6-16-31(28)38(34)32-17-7-9-23-10-8-22-35-33(23)32/h1-22H. The molecule has 4 nitrogen and oxygen atoms in total. The Kier molecular flexibility index (Phi) is 4.49. The Bertz CT molecular complexity index is 2070. The van der Waals surface area contributed by atoms with Crippen molar-refractivity contribution in [3.8, 4) is 22.8 Å². The van der Waals surface area contributed by atoms with Gasteiger partial charge in [0.25, 0.3) is 0 Å². The Morgan fingerprint density at radius 2 is 1.16 bits per heavy atom. The summed E-state index contributed by atoms with van der Waals surface area (Å²) in [5.41, 5.74) is 8.60. The molecule has 0 N–H and O–H groups in total. The van der Waals surface area contributed by atoms with Gasteiger partial charge in [0.2, 0.25) is 0 Å². The monoisotopic (exact) mass is 486 g/mol. The number of nitrogens with zero attached hydrogens (tertiary/aromatic N) is 4.